The van der Waals surface area contributed by atoms with Crippen molar-refractivity contribution in [3.8, 4) is 0 Å². The molecule has 0 aliphatic rings. The number of ether oxygens (including phenoxy) is 1. The average Bonchev–Trinajstić information content (AvgIpc) is 2.47. The van der Waals surface area contributed by atoms with Gasteiger partial charge < -0.3 is 4.74 Å². The van der Waals surface area contributed by atoms with E-state index < -0.39 is 0 Å². The molecule has 1 aromatic rings. The number of thiophene rings is 1. The molecule has 1 rings (SSSR count). The lowest BCUT2D eigenvalue weighted by Gasteiger charge is -2.18. The predicted molar refractivity (Wildman–Crippen MR) is 66.4 cm³/mol. The smallest absolute Gasteiger partial charge is 0.163 e. The molecular formula is C11H15BrO2S. The number of carbonyl (C=O) groups excluding carboxylic acids is 1. The van der Waals surface area contributed by atoms with E-state index >= 15 is 0 Å². The summed E-state index contributed by atoms with van der Waals surface area (Å²) in [6, 6.07) is 3.92. The maximum atomic E-state index is 11.5. The van der Waals surface area contributed by atoms with E-state index in [0.717, 1.165) is 8.66 Å². The largest absolute Gasteiger partial charge is 0.368 e. The topological polar surface area (TPSA) is 26.3 Å². The molecule has 0 radical (unpaired) electrons. The summed E-state index contributed by atoms with van der Waals surface area (Å²) in [6.45, 7) is 6.03. The molecule has 0 amide bonds. The molecule has 0 atom stereocenters. The molecule has 0 saturated carbocycles. The maximum Gasteiger partial charge on any atom is 0.163 e. The van der Waals surface area contributed by atoms with Gasteiger partial charge in [-0.3, -0.25) is 4.79 Å². The third-order valence-corrected chi connectivity index (χ3v) is 3.29. The second-order valence-corrected chi connectivity index (χ2v) is 6.87. The molecule has 0 aromatic carbocycles. The lowest BCUT2D eigenvalue weighted by Crippen LogP contribution is -2.24. The number of ketones is 1. The molecular weight excluding hydrogens is 276 g/mol. The van der Waals surface area contributed by atoms with Crippen molar-refractivity contribution in [1.29, 1.82) is 0 Å². The Labute approximate surface area is 103 Å². The number of hydrogen-bond donors (Lipinski definition) is 0. The summed E-state index contributed by atoms with van der Waals surface area (Å²) in [5.74, 6) is 0.124. The van der Waals surface area contributed by atoms with Crippen LogP contribution in [0.1, 0.15) is 25.6 Å². The first-order chi connectivity index (χ1) is 6.87. The summed E-state index contributed by atoms with van der Waals surface area (Å²) in [7, 11) is 0. The van der Waals surface area contributed by atoms with Crippen molar-refractivity contribution in [3.05, 3.63) is 20.8 Å². The van der Waals surface area contributed by atoms with E-state index in [-0.39, 0.29) is 18.0 Å². The molecule has 1 heterocycles. The van der Waals surface area contributed by atoms with Crippen molar-refractivity contribution in [3.63, 3.8) is 0 Å². The van der Waals surface area contributed by atoms with Crippen molar-refractivity contribution in [2.24, 2.45) is 0 Å². The van der Waals surface area contributed by atoms with E-state index in [2.05, 4.69) is 15.9 Å². The molecule has 0 aliphatic heterocycles. The number of hydrogen-bond acceptors (Lipinski definition) is 3. The summed E-state index contributed by atoms with van der Waals surface area (Å²) < 4.78 is 6.47. The third-order valence-electron chi connectivity index (χ3n) is 1.67. The van der Waals surface area contributed by atoms with Gasteiger partial charge in [0, 0.05) is 11.3 Å². The van der Waals surface area contributed by atoms with E-state index in [1.54, 1.807) is 11.3 Å². The van der Waals surface area contributed by atoms with Crippen LogP contribution in [0.2, 0.25) is 0 Å². The zero-order chi connectivity index (χ0) is 11.5. The second kappa shape index (κ2) is 5.23. The van der Waals surface area contributed by atoms with Gasteiger partial charge in [0.25, 0.3) is 0 Å². The minimum absolute atomic E-state index is 0.124. The third kappa shape index (κ3) is 5.44. The van der Waals surface area contributed by atoms with Crippen LogP contribution < -0.4 is 0 Å². The fourth-order valence-electron chi connectivity index (χ4n) is 0.989. The van der Waals surface area contributed by atoms with Gasteiger partial charge in [0.15, 0.2) is 5.78 Å². The molecule has 4 heteroatoms. The van der Waals surface area contributed by atoms with Gasteiger partial charge in [-0.15, -0.1) is 11.3 Å². The van der Waals surface area contributed by atoms with Crippen LogP contribution in [-0.2, 0) is 16.0 Å². The molecule has 0 aliphatic carbocycles. The summed E-state index contributed by atoms with van der Waals surface area (Å²) in [5.41, 5.74) is -0.244. The Morgan fingerprint density at radius 1 is 1.47 bits per heavy atom. The summed E-state index contributed by atoms with van der Waals surface area (Å²) >= 11 is 4.96. The van der Waals surface area contributed by atoms with Gasteiger partial charge in [0.05, 0.1) is 9.39 Å². The van der Waals surface area contributed by atoms with Crippen molar-refractivity contribution < 1.29 is 9.53 Å². The molecule has 2 nitrogen and oxygen atoms in total. The number of halogens is 1. The van der Waals surface area contributed by atoms with Gasteiger partial charge in [0.2, 0.25) is 0 Å². The van der Waals surface area contributed by atoms with Crippen molar-refractivity contribution in [2.75, 3.05) is 6.61 Å². The van der Waals surface area contributed by atoms with Crippen molar-refractivity contribution >= 4 is 33.0 Å². The first-order valence-electron chi connectivity index (χ1n) is 4.77. The minimum Gasteiger partial charge on any atom is -0.368 e. The van der Waals surface area contributed by atoms with Crippen LogP contribution in [0, 0.1) is 0 Å². The molecule has 84 valence electrons. The Kier molecular flexibility index (Phi) is 4.49. The van der Waals surface area contributed by atoms with Gasteiger partial charge in [-0.05, 0) is 48.8 Å². The minimum atomic E-state index is -0.244. The van der Waals surface area contributed by atoms with Crippen LogP contribution >= 0.6 is 27.3 Å². The van der Waals surface area contributed by atoms with Crippen LogP contribution in [0.25, 0.3) is 0 Å². The summed E-state index contributed by atoms with van der Waals surface area (Å²) in [5, 5.41) is 0. The zero-order valence-corrected chi connectivity index (χ0v) is 11.6. The lowest BCUT2D eigenvalue weighted by molar-refractivity contribution is -0.127. The molecule has 0 unspecified atom stereocenters. The second-order valence-electron chi connectivity index (χ2n) is 4.32. The van der Waals surface area contributed by atoms with Crippen LogP contribution in [0.4, 0.5) is 0 Å². The Morgan fingerprint density at radius 3 is 2.60 bits per heavy atom. The highest BCUT2D eigenvalue weighted by Crippen LogP contribution is 2.22. The molecule has 0 N–H and O–H groups in total. The Bertz CT molecular complexity index is 339. The lowest BCUT2D eigenvalue weighted by atomic mass is 10.2. The van der Waals surface area contributed by atoms with E-state index in [0.29, 0.717) is 6.42 Å². The first-order valence-corrected chi connectivity index (χ1v) is 6.37. The summed E-state index contributed by atoms with van der Waals surface area (Å²) in [6.07, 6.45) is 0.465. The summed E-state index contributed by atoms with van der Waals surface area (Å²) in [4.78, 5) is 12.6. The highest BCUT2D eigenvalue weighted by molar-refractivity contribution is 9.11. The Balaban J connectivity index is 2.37. The van der Waals surface area contributed by atoms with Crippen LogP contribution in [0.5, 0.6) is 0 Å². The molecule has 0 fully saturated rings. The SMILES string of the molecule is CC(C)(C)OCC(=O)Cc1ccc(Br)s1. The maximum absolute atomic E-state index is 11.5. The monoisotopic (exact) mass is 290 g/mol. The van der Waals surface area contributed by atoms with Gasteiger partial charge in [-0.2, -0.15) is 0 Å². The fourth-order valence-corrected chi connectivity index (χ4v) is 2.50. The van der Waals surface area contributed by atoms with E-state index in [4.69, 9.17) is 4.74 Å². The van der Waals surface area contributed by atoms with Gasteiger partial charge in [-0.1, -0.05) is 0 Å². The Hall–Kier alpha value is -0.190. The highest BCUT2D eigenvalue weighted by atomic mass is 79.9. The number of rotatable bonds is 4. The van der Waals surface area contributed by atoms with Crippen LogP contribution in [0.3, 0.4) is 0 Å². The van der Waals surface area contributed by atoms with E-state index in [9.17, 15) is 4.79 Å². The molecule has 0 saturated heterocycles. The molecule has 0 spiro atoms. The van der Waals surface area contributed by atoms with Crippen LogP contribution in [-0.4, -0.2) is 18.0 Å². The van der Waals surface area contributed by atoms with Gasteiger partial charge in [-0.25, -0.2) is 0 Å². The number of carbonyl (C=O) groups is 1. The Morgan fingerprint density at radius 2 is 2.13 bits per heavy atom. The van der Waals surface area contributed by atoms with Gasteiger partial charge in [0.1, 0.15) is 6.61 Å². The zero-order valence-electron chi connectivity index (χ0n) is 9.17. The van der Waals surface area contributed by atoms with Crippen molar-refractivity contribution in [1.82, 2.24) is 0 Å². The standard InChI is InChI=1S/C11H15BrO2S/c1-11(2,3)14-7-8(13)6-9-4-5-10(12)15-9/h4-5H,6-7H2,1-3H3. The van der Waals surface area contributed by atoms with Gasteiger partial charge >= 0.3 is 0 Å². The quantitative estimate of drug-likeness (QED) is 0.849. The molecule has 0 bridgehead atoms. The van der Waals surface area contributed by atoms with E-state index in [1.807, 2.05) is 32.9 Å². The van der Waals surface area contributed by atoms with Crippen molar-refractivity contribution in [2.45, 2.75) is 32.8 Å². The highest BCUT2D eigenvalue weighted by Gasteiger charge is 2.13. The number of Topliss-reactive ketones (excluding diaryl/α,β-unsaturated/α-hetero) is 1. The first kappa shape index (κ1) is 12.9. The normalized spacial score (nSPS) is 11.7. The average molecular weight is 291 g/mol. The van der Waals surface area contributed by atoms with E-state index in [1.165, 1.54) is 0 Å². The predicted octanol–water partition coefficient (Wildman–Crippen LogP) is 3.44. The molecule has 1 aromatic heterocycles. The molecule has 15 heavy (non-hydrogen) atoms. The van der Waals surface area contributed by atoms with Crippen LogP contribution in [0.15, 0.2) is 15.9 Å². The fraction of sp³-hybridized carbons (Fsp3) is 0.545.